The van der Waals surface area contributed by atoms with Crippen LogP contribution in [0.2, 0.25) is 10.0 Å². The van der Waals surface area contributed by atoms with Crippen molar-refractivity contribution in [3.8, 4) is 0 Å². The Bertz CT molecular complexity index is 802. The van der Waals surface area contributed by atoms with E-state index in [1.165, 1.54) is 10.2 Å². The molecule has 0 bridgehead atoms. The lowest BCUT2D eigenvalue weighted by molar-refractivity contribution is -0.133. The Morgan fingerprint density at radius 3 is 2.33 bits per heavy atom. The second kappa shape index (κ2) is 8.54. The first kappa shape index (κ1) is 20.0. The minimum absolute atomic E-state index is 0.0782. The number of carbonyl (C=O) groups excluding carboxylic acids is 1. The molecule has 146 valence electrons. The highest BCUT2D eigenvalue weighted by Crippen LogP contribution is 2.28. The first-order valence-electron chi connectivity index (χ1n) is 8.60. The summed E-state index contributed by atoms with van der Waals surface area (Å²) in [5.41, 5.74) is 1.07. The zero-order valence-corrected chi connectivity index (χ0v) is 16.4. The quantitative estimate of drug-likeness (QED) is 0.744. The topological polar surface area (TPSA) is 41.4 Å². The van der Waals surface area contributed by atoms with E-state index in [4.69, 9.17) is 23.2 Å². The van der Waals surface area contributed by atoms with Gasteiger partial charge in [-0.25, -0.2) is 8.78 Å². The number of amides is 1. The molecule has 2 aromatic rings. The molecule has 1 aliphatic rings. The molecule has 1 amide bonds. The predicted octanol–water partition coefficient (Wildman–Crippen LogP) is 3.78. The van der Waals surface area contributed by atoms with Crippen molar-refractivity contribution in [1.29, 1.82) is 0 Å². The Labute approximate surface area is 166 Å². The van der Waals surface area contributed by atoms with Gasteiger partial charge in [0.2, 0.25) is 5.91 Å². The molecule has 1 saturated heterocycles. The summed E-state index contributed by atoms with van der Waals surface area (Å²) in [6, 6.07) is 7.71. The summed E-state index contributed by atoms with van der Waals surface area (Å²) in [6.07, 6.45) is -2.76. The smallest absolute Gasteiger partial charge is 0.283 e. The lowest BCUT2D eigenvalue weighted by atomic mass is 10.2. The fraction of sp³-hybridized carbons (Fsp3) is 0.444. The van der Waals surface area contributed by atoms with Gasteiger partial charge < -0.3 is 4.90 Å². The average Bonchev–Trinajstić information content (AvgIpc) is 2.93. The first-order valence-corrected chi connectivity index (χ1v) is 9.36. The second-order valence-electron chi connectivity index (χ2n) is 6.53. The van der Waals surface area contributed by atoms with E-state index < -0.39 is 12.1 Å². The van der Waals surface area contributed by atoms with Crippen LogP contribution in [0.3, 0.4) is 0 Å². The Morgan fingerprint density at radius 1 is 1.15 bits per heavy atom. The number of hydrogen-bond donors (Lipinski definition) is 0. The summed E-state index contributed by atoms with van der Waals surface area (Å²) < 4.78 is 27.0. The van der Waals surface area contributed by atoms with Crippen molar-refractivity contribution in [2.24, 2.45) is 0 Å². The minimum Gasteiger partial charge on any atom is -0.339 e. The van der Waals surface area contributed by atoms with Gasteiger partial charge in [-0.05, 0) is 24.6 Å². The van der Waals surface area contributed by atoms with E-state index >= 15 is 0 Å². The maximum atomic E-state index is 12.9. The highest BCUT2D eigenvalue weighted by molar-refractivity contribution is 6.32. The Morgan fingerprint density at radius 2 is 1.78 bits per heavy atom. The minimum atomic E-state index is -2.76. The number of benzene rings is 1. The van der Waals surface area contributed by atoms with Gasteiger partial charge in [0.15, 0.2) is 0 Å². The molecule has 2 heterocycles. The number of nitrogens with zero attached hydrogens (tertiary/aromatic N) is 4. The van der Waals surface area contributed by atoms with Crippen LogP contribution < -0.4 is 0 Å². The van der Waals surface area contributed by atoms with Gasteiger partial charge in [-0.15, -0.1) is 0 Å². The molecule has 27 heavy (non-hydrogen) atoms. The second-order valence-corrected chi connectivity index (χ2v) is 7.34. The van der Waals surface area contributed by atoms with E-state index in [0.717, 1.165) is 19.6 Å². The maximum absolute atomic E-state index is 12.9. The maximum Gasteiger partial charge on any atom is 0.283 e. The highest BCUT2D eigenvalue weighted by atomic mass is 35.5. The molecule has 0 radical (unpaired) electrons. The normalized spacial score (nSPS) is 15.6. The largest absolute Gasteiger partial charge is 0.339 e. The van der Waals surface area contributed by atoms with Crippen molar-refractivity contribution < 1.29 is 13.6 Å². The molecule has 9 heteroatoms. The summed E-state index contributed by atoms with van der Waals surface area (Å²) in [5.74, 6) is -0.149. The van der Waals surface area contributed by atoms with Crippen LogP contribution >= 0.6 is 23.2 Å². The van der Waals surface area contributed by atoms with Gasteiger partial charge in [-0.3, -0.25) is 14.4 Å². The summed E-state index contributed by atoms with van der Waals surface area (Å²) in [4.78, 5) is 16.5. The molecule has 0 unspecified atom stereocenters. The number of aromatic nitrogens is 2. The van der Waals surface area contributed by atoms with Crippen LogP contribution in [0.5, 0.6) is 0 Å². The molecule has 0 spiro atoms. The standard InChI is InChI=1S/C18H20Cl2F2N4O/c1-12-16(20)17(18(21)22)23-26(12)11-15(27)25-8-6-24(7-9-25)10-13-2-4-14(19)5-3-13/h2-5,18H,6-11H2,1H3. The third-order valence-electron chi connectivity index (χ3n) is 4.69. The molecule has 0 saturated carbocycles. The average molecular weight is 417 g/mol. The van der Waals surface area contributed by atoms with Crippen LogP contribution in [-0.2, 0) is 17.9 Å². The predicted molar refractivity (Wildman–Crippen MR) is 100 cm³/mol. The molecule has 5 nitrogen and oxygen atoms in total. The lowest BCUT2D eigenvalue weighted by Crippen LogP contribution is -2.49. The fourth-order valence-corrected chi connectivity index (χ4v) is 3.42. The molecule has 1 fully saturated rings. The van der Waals surface area contributed by atoms with Gasteiger partial charge in [0.1, 0.15) is 12.2 Å². The Kier molecular flexibility index (Phi) is 6.34. The van der Waals surface area contributed by atoms with E-state index in [2.05, 4.69) is 10.00 Å². The van der Waals surface area contributed by atoms with Crippen LogP contribution in [-0.4, -0.2) is 51.7 Å². The Hall–Kier alpha value is -1.70. The van der Waals surface area contributed by atoms with Crippen LogP contribution in [0.25, 0.3) is 0 Å². The molecule has 0 N–H and O–H groups in total. The number of piperazine rings is 1. The molecular weight excluding hydrogens is 397 g/mol. The lowest BCUT2D eigenvalue weighted by Gasteiger charge is -2.34. The molecule has 3 rings (SSSR count). The van der Waals surface area contributed by atoms with Crippen LogP contribution in [0.15, 0.2) is 24.3 Å². The van der Waals surface area contributed by atoms with E-state index in [9.17, 15) is 13.6 Å². The number of rotatable bonds is 5. The number of halogens is 4. The van der Waals surface area contributed by atoms with Gasteiger partial charge in [-0.2, -0.15) is 5.10 Å². The summed E-state index contributed by atoms with van der Waals surface area (Å²) >= 11 is 11.8. The zero-order valence-electron chi connectivity index (χ0n) is 14.8. The van der Waals surface area contributed by atoms with Crippen molar-refractivity contribution in [1.82, 2.24) is 19.6 Å². The number of carbonyl (C=O) groups is 1. The first-order chi connectivity index (χ1) is 12.8. The van der Waals surface area contributed by atoms with Crippen molar-refractivity contribution in [3.63, 3.8) is 0 Å². The van der Waals surface area contributed by atoms with Gasteiger partial charge in [-0.1, -0.05) is 35.3 Å². The van der Waals surface area contributed by atoms with Crippen molar-refractivity contribution >= 4 is 29.1 Å². The van der Waals surface area contributed by atoms with Gasteiger partial charge in [0, 0.05) is 37.7 Å². The molecule has 0 aliphatic carbocycles. The van der Waals surface area contributed by atoms with E-state index in [0.29, 0.717) is 23.8 Å². The SMILES string of the molecule is Cc1c(Cl)c(C(F)F)nn1CC(=O)N1CCN(Cc2ccc(Cl)cc2)CC1. The zero-order chi connectivity index (χ0) is 19.6. The molecule has 1 aromatic heterocycles. The third-order valence-corrected chi connectivity index (χ3v) is 5.41. The summed E-state index contributed by atoms with van der Waals surface area (Å²) in [7, 11) is 0. The van der Waals surface area contributed by atoms with Crippen LogP contribution in [0, 0.1) is 6.92 Å². The summed E-state index contributed by atoms with van der Waals surface area (Å²) in [5, 5.41) is 4.42. The van der Waals surface area contributed by atoms with Gasteiger partial charge >= 0.3 is 0 Å². The monoisotopic (exact) mass is 416 g/mol. The van der Waals surface area contributed by atoms with E-state index in [-0.39, 0.29) is 17.5 Å². The van der Waals surface area contributed by atoms with Crippen molar-refractivity contribution in [2.45, 2.75) is 26.4 Å². The fourth-order valence-electron chi connectivity index (χ4n) is 3.07. The molecule has 1 aliphatic heterocycles. The molecule has 1 aromatic carbocycles. The Balaban J connectivity index is 1.54. The van der Waals surface area contributed by atoms with E-state index in [1.54, 1.807) is 11.8 Å². The van der Waals surface area contributed by atoms with E-state index in [1.807, 2.05) is 24.3 Å². The number of hydrogen-bond acceptors (Lipinski definition) is 3. The number of alkyl halides is 2. The van der Waals surface area contributed by atoms with Crippen molar-refractivity contribution in [2.75, 3.05) is 26.2 Å². The molecular formula is C18H20Cl2F2N4O. The van der Waals surface area contributed by atoms with Gasteiger partial charge in [0.25, 0.3) is 6.43 Å². The molecule has 0 atom stereocenters. The highest BCUT2D eigenvalue weighted by Gasteiger charge is 2.25. The third kappa shape index (κ3) is 4.78. The van der Waals surface area contributed by atoms with Gasteiger partial charge in [0.05, 0.1) is 10.7 Å². The van der Waals surface area contributed by atoms with Crippen LogP contribution in [0.1, 0.15) is 23.4 Å². The summed E-state index contributed by atoms with van der Waals surface area (Å²) in [6.45, 7) is 4.95. The van der Waals surface area contributed by atoms with Crippen LogP contribution in [0.4, 0.5) is 8.78 Å². The van der Waals surface area contributed by atoms with Crippen molar-refractivity contribution in [3.05, 3.63) is 51.3 Å².